The molecule has 1 amide bonds. The normalized spacial score (nSPS) is 10.1. The molecule has 0 aromatic carbocycles. The fourth-order valence-electron chi connectivity index (χ4n) is 1.42. The fourth-order valence-corrected chi connectivity index (χ4v) is 2.50. The van der Waals surface area contributed by atoms with E-state index in [0.29, 0.717) is 18.2 Å². The number of thiophene rings is 1. The molecule has 0 aliphatic rings. The molecule has 1 aromatic rings. The smallest absolute Gasteiger partial charge is 0.343 e. The predicted molar refractivity (Wildman–Crippen MR) is 73.8 cm³/mol. The topological polar surface area (TPSA) is 103 Å². The molecule has 4 N–H and O–H groups in total. The lowest BCUT2D eigenvalue weighted by atomic mass is 10.2. The molecule has 0 aliphatic carbocycles. The molecule has 0 bridgehead atoms. The maximum Gasteiger partial charge on any atom is 0.343 e. The quantitative estimate of drug-likeness (QED) is 0.521. The van der Waals surface area contributed by atoms with Crippen molar-refractivity contribution in [1.29, 1.82) is 0 Å². The van der Waals surface area contributed by atoms with Gasteiger partial charge in [-0.3, -0.25) is 4.79 Å². The number of hydrogen-bond acceptors (Lipinski definition) is 7. The zero-order chi connectivity index (χ0) is 14.4. The van der Waals surface area contributed by atoms with Gasteiger partial charge in [-0.1, -0.05) is 0 Å². The van der Waals surface area contributed by atoms with Crippen LogP contribution in [0, 0.1) is 0 Å². The van der Waals surface area contributed by atoms with E-state index in [2.05, 4.69) is 15.4 Å². The Kier molecular flexibility index (Phi) is 5.58. The highest BCUT2D eigenvalue weighted by molar-refractivity contribution is 7.19. The molecule has 0 unspecified atom stereocenters. The Morgan fingerprint density at radius 2 is 2.05 bits per heavy atom. The lowest BCUT2D eigenvalue weighted by Crippen LogP contribution is -2.18. The molecule has 0 saturated heterocycles. The first kappa shape index (κ1) is 15.3. The first-order valence-corrected chi connectivity index (χ1v) is 6.33. The number of hydrogen-bond donors (Lipinski definition) is 3. The molecule has 0 spiro atoms. The minimum Gasteiger partial charge on any atom is -0.465 e. The van der Waals surface area contributed by atoms with E-state index in [-0.39, 0.29) is 22.0 Å². The zero-order valence-corrected chi connectivity index (χ0v) is 11.8. The number of esters is 1. The number of carbonyl (C=O) groups is 2. The van der Waals surface area contributed by atoms with Gasteiger partial charge in [-0.15, -0.1) is 11.3 Å². The van der Waals surface area contributed by atoms with E-state index in [1.54, 1.807) is 7.11 Å². The average Bonchev–Trinajstić information content (AvgIpc) is 2.74. The van der Waals surface area contributed by atoms with Gasteiger partial charge in [-0.25, -0.2) is 4.79 Å². The van der Waals surface area contributed by atoms with Crippen LogP contribution in [0.3, 0.4) is 0 Å². The molecule has 1 rings (SSSR count). The van der Waals surface area contributed by atoms with Crippen LogP contribution < -0.4 is 16.4 Å². The molecule has 0 radical (unpaired) electrons. The van der Waals surface area contributed by atoms with Crippen molar-refractivity contribution >= 4 is 33.9 Å². The van der Waals surface area contributed by atoms with E-state index in [0.717, 1.165) is 11.3 Å². The SMILES string of the molecule is CNC(=O)c1sc(NCCOC)c(C(=O)OC)c1N. The number of rotatable bonds is 6. The van der Waals surface area contributed by atoms with Crippen molar-refractivity contribution in [2.75, 3.05) is 45.5 Å². The molecule has 1 heterocycles. The third kappa shape index (κ3) is 3.36. The van der Waals surface area contributed by atoms with Gasteiger partial charge in [0.05, 0.1) is 19.4 Å². The minimum atomic E-state index is -0.580. The van der Waals surface area contributed by atoms with Gasteiger partial charge in [0.15, 0.2) is 0 Å². The Morgan fingerprint density at radius 1 is 1.37 bits per heavy atom. The molecular formula is C11H17N3O4S. The summed E-state index contributed by atoms with van der Waals surface area (Å²) in [6.45, 7) is 0.960. The Labute approximate surface area is 115 Å². The summed E-state index contributed by atoms with van der Waals surface area (Å²) in [5.41, 5.74) is 6.14. The molecule has 0 aliphatic heterocycles. The van der Waals surface area contributed by atoms with Crippen molar-refractivity contribution in [3.8, 4) is 0 Å². The second-order valence-electron chi connectivity index (χ2n) is 3.54. The second-order valence-corrected chi connectivity index (χ2v) is 4.56. The van der Waals surface area contributed by atoms with E-state index in [9.17, 15) is 9.59 Å². The zero-order valence-electron chi connectivity index (χ0n) is 11.0. The molecule has 1 aromatic heterocycles. The summed E-state index contributed by atoms with van der Waals surface area (Å²) < 4.78 is 9.59. The van der Waals surface area contributed by atoms with E-state index in [1.165, 1.54) is 14.2 Å². The summed E-state index contributed by atoms with van der Waals surface area (Å²) in [7, 11) is 4.33. The van der Waals surface area contributed by atoms with Gasteiger partial charge < -0.3 is 25.8 Å². The number of amides is 1. The van der Waals surface area contributed by atoms with Crippen LogP contribution in [0.5, 0.6) is 0 Å². The maximum absolute atomic E-state index is 11.7. The van der Waals surface area contributed by atoms with Crippen molar-refractivity contribution in [1.82, 2.24) is 5.32 Å². The van der Waals surface area contributed by atoms with Gasteiger partial charge >= 0.3 is 5.97 Å². The summed E-state index contributed by atoms with van der Waals surface area (Å²) in [5, 5.41) is 5.98. The van der Waals surface area contributed by atoms with Crippen LogP contribution >= 0.6 is 11.3 Å². The molecule has 7 nitrogen and oxygen atoms in total. The van der Waals surface area contributed by atoms with Crippen molar-refractivity contribution in [2.45, 2.75) is 0 Å². The summed E-state index contributed by atoms with van der Waals surface area (Å²) in [6, 6.07) is 0. The number of nitrogens with two attached hydrogens (primary N) is 1. The third-order valence-electron chi connectivity index (χ3n) is 2.36. The number of anilines is 2. The number of nitrogen functional groups attached to an aromatic ring is 1. The lowest BCUT2D eigenvalue weighted by Gasteiger charge is -2.05. The largest absolute Gasteiger partial charge is 0.465 e. The van der Waals surface area contributed by atoms with E-state index < -0.39 is 5.97 Å². The summed E-state index contributed by atoms with van der Waals surface area (Å²) in [4.78, 5) is 23.6. The van der Waals surface area contributed by atoms with E-state index in [1.807, 2.05) is 0 Å². The van der Waals surface area contributed by atoms with Crippen molar-refractivity contribution < 1.29 is 19.1 Å². The van der Waals surface area contributed by atoms with Crippen LogP contribution in [0.25, 0.3) is 0 Å². The Balaban J connectivity index is 3.12. The number of methoxy groups -OCH3 is 2. The van der Waals surface area contributed by atoms with Gasteiger partial charge in [-0.2, -0.15) is 0 Å². The summed E-state index contributed by atoms with van der Waals surface area (Å²) in [6.07, 6.45) is 0. The highest BCUT2D eigenvalue weighted by atomic mass is 32.1. The Bertz CT molecular complexity index is 473. The second kappa shape index (κ2) is 6.95. The minimum absolute atomic E-state index is 0.121. The third-order valence-corrected chi connectivity index (χ3v) is 3.52. The summed E-state index contributed by atoms with van der Waals surface area (Å²) in [5.74, 6) is -0.920. The highest BCUT2D eigenvalue weighted by Gasteiger charge is 2.25. The number of nitrogens with one attached hydrogen (secondary N) is 2. The monoisotopic (exact) mass is 287 g/mol. The summed E-state index contributed by atoms with van der Waals surface area (Å²) >= 11 is 1.11. The van der Waals surface area contributed by atoms with Crippen LogP contribution in [0.2, 0.25) is 0 Å². The van der Waals surface area contributed by atoms with Crippen LogP contribution in [0.15, 0.2) is 0 Å². The Morgan fingerprint density at radius 3 is 2.58 bits per heavy atom. The molecule has 0 atom stereocenters. The van der Waals surface area contributed by atoms with Crippen molar-refractivity contribution in [3.63, 3.8) is 0 Å². The predicted octanol–water partition coefficient (Wildman–Crippen LogP) is 0.535. The molecule has 0 fully saturated rings. The fraction of sp³-hybridized carbons (Fsp3) is 0.455. The first-order valence-electron chi connectivity index (χ1n) is 5.52. The van der Waals surface area contributed by atoms with Crippen molar-refractivity contribution in [2.24, 2.45) is 0 Å². The van der Waals surface area contributed by atoms with Crippen LogP contribution in [-0.4, -0.2) is 46.3 Å². The average molecular weight is 287 g/mol. The number of carbonyl (C=O) groups excluding carboxylic acids is 2. The van der Waals surface area contributed by atoms with Crippen LogP contribution in [0.1, 0.15) is 20.0 Å². The molecule has 0 saturated carbocycles. The van der Waals surface area contributed by atoms with Gasteiger partial charge in [0, 0.05) is 20.7 Å². The van der Waals surface area contributed by atoms with Gasteiger partial charge in [-0.05, 0) is 0 Å². The van der Waals surface area contributed by atoms with Gasteiger partial charge in [0.25, 0.3) is 5.91 Å². The standard InChI is InChI=1S/C11H17N3O4S/c1-13-9(15)8-7(12)6(11(16)18-3)10(19-8)14-4-5-17-2/h14H,4-5,12H2,1-3H3,(H,13,15). The van der Waals surface area contributed by atoms with Crippen LogP contribution in [0.4, 0.5) is 10.7 Å². The molecule has 19 heavy (non-hydrogen) atoms. The molecule has 8 heteroatoms. The maximum atomic E-state index is 11.7. The van der Waals surface area contributed by atoms with Gasteiger partial charge in [0.2, 0.25) is 0 Å². The first-order chi connectivity index (χ1) is 9.06. The Hall–Kier alpha value is -1.80. The van der Waals surface area contributed by atoms with E-state index >= 15 is 0 Å². The lowest BCUT2D eigenvalue weighted by molar-refractivity contribution is 0.0603. The molecular weight excluding hydrogens is 270 g/mol. The van der Waals surface area contributed by atoms with Gasteiger partial charge in [0.1, 0.15) is 15.4 Å². The molecule has 106 valence electrons. The van der Waals surface area contributed by atoms with Crippen molar-refractivity contribution in [3.05, 3.63) is 10.4 Å². The highest BCUT2D eigenvalue weighted by Crippen LogP contribution is 2.36. The number of ether oxygens (including phenoxy) is 2. The van der Waals surface area contributed by atoms with Crippen LogP contribution in [-0.2, 0) is 9.47 Å². The van der Waals surface area contributed by atoms with E-state index in [4.69, 9.17) is 10.5 Å².